The lowest BCUT2D eigenvalue weighted by atomic mass is 9.97. The molecule has 4 rings (SSSR count). The van der Waals surface area contributed by atoms with Crippen LogP contribution in [0.5, 0.6) is 11.5 Å². The highest BCUT2D eigenvalue weighted by Gasteiger charge is 2.34. The molecule has 3 aromatic carbocycles. The maximum atomic E-state index is 13.5. The Morgan fingerprint density at radius 3 is 2.21 bits per heavy atom. The maximum absolute atomic E-state index is 13.5. The molecule has 0 saturated heterocycles. The number of carbonyl (C=O) groups excluding carboxylic acids is 1. The lowest BCUT2D eigenvalue weighted by molar-refractivity contribution is 0.0976. The van der Waals surface area contributed by atoms with Gasteiger partial charge in [-0.1, -0.05) is 60.7 Å². The van der Waals surface area contributed by atoms with Gasteiger partial charge >= 0.3 is 0 Å². The largest absolute Gasteiger partial charge is 0.493 e. The van der Waals surface area contributed by atoms with Gasteiger partial charge in [-0.05, 0) is 23.3 Å². The number of methoxy groups -OCH3 is 2. The smallest absolute Gasteiger partial charge is 0.178 e. The molecule has 0 amide bonds. The molecule has 2 atom stereocenters. The summed E-state index contributed by atoms with van der Waals surface area (Å²) in [5.74, 6) is 1.47. The number of Topliss-reactive ketones (excluding diaryl/α,β-unsaturated/α-hetero) is 1. The van der Waals surface area contributed by atoms with Crippen LogP contribution < -0.4 is 14.8 Å². The summed E-state index contributed by atoms with van der Waals surface area (Å²) >= 11 is 1.58. The zero-order chi connectivity index (χ0) is 20.2. The first-order valence-electron chi connectivity index (χ1n) is 9.50. The second-order valence-corrected chi connectivity index (χ2v) is 8.04. The Hall–Kier alpha value is -2.76. The molecule has 0 radical (unpaired) electrons. The normalized spacial score (nSPS) is 18.4. The van der Waals surface area contributed by atoms with Gasteiger partial charge in [0.15, 0.2) is 17.3 Å². The van der Waals surface area contributed by atoms with Crippen molar-refractivity contribution in [2.75, 3.05) is 14.2 Å². The van der Waals surface area contributed by atoms with Crippen molar-refractivity contribution in [1.29, 1.82) is 0 Å². The van der Waals surface area contributed by atoms with Crippen LogP contribution in [-0.4, -0.2) is 25.3 Å². The molecule has 0 fully saturated rings. The molecule has 29 heavy (non-hydrogen) atoms. The summed E-state index contributed by atoms with van der Waals surface area (Å²) in [7, 11) is 3.26. The van der Waals surface area contributed by atoms with Gasteiger partial charge in [-0.3, -0.25) is 4.79 Å². The Bertz CT molecular complexity index is 992. The summed E-state index contributed by atoms with van der Waals surface area (Å²) < 4.78 is 11.0. The Morgan fingerprint density at radius 2 is 1.55 bits per heavy atom. The van der Waals surface area contributed by atoms with Gasteiger partial charge in [-0.25, -0.2) is 0 Å². The van der Waals surface area contributed by atoms with Gasteiger partial charge in [0, 0.05) is 17.0 Å². The van der Waals surface area contributed by atoms with Crippen LogP contribution in [-0.2, 0) is 6.54 Å². The molecule has 1 N–H and O–H groups in total. The van der Waals surface area contributed by atoms with E-state index in [1.807, 2.05) is 60.7 Å². The quantitative estimate of drug-likeness (QED) is 0.613. The van der Waals surface area contributed by atoms with Crippen molar-refractivity contribution in [2.24, 2.45) is 0 Å². The molecule has 1 aliphatic heterocycles. The van der Waals surface area contributed by atoms with Gasteiger partial charge in [0.05, 0.1) is 25.5 Å². The Morgan fingerprint density at radius 1 is 0.931 bits per heavy atom. The molecule has 148 valence electrons. The van der Waals surface area contributed by atoms with E-state index in [1.165, 1.54) is 0 Å². The standard InChI is InChI=1S/C24H23NO3S/c1-27-19-13-18-15-25-22(16-9-5-3-6-10-16)24(29-21(18)14-20(19)28-2)23(26)17-11-7-4-8-12-17/h3-14,22,24-25H,15H2,1-2H3/t22-,24-/m0/s1. The number of thioether (sulfide) groups is 1. The molecular formula is C24H23NO3S. The van der Waals surface area contributed by atoms with Crippen molar-refractivity contribution in [2.45, 2.75) is 22.7 Å². The van der Waals surface area contributed by atoms with Crippen molar-refractivity contribution < 1.29 is 14.3 Å². The van der Waals surface area contributed by atoms with Crippen molar-refractivity contribution in [3.05, 3.63) is 89.5 Å². The van der Waals surface area contributed by atoms with Crippen molar-refractivity contribution in [3.63, 3.8) is 0 Å². The first-order valence-corrected chi connectivity index (χ1v) is 10.4. The molecular weight excluding hydrogens is 382 g/mol. The van der Waals surface area contributed by atoms with Gasteiger partial charge in [0.2, 0.25) is 0 Å². The van der Waals surface area contributed by atoms with E-state index in [0.717, 1.165) is 21.6 Å². The minimum Gasteiger partial charge on any atom is -0.493 e. The fraction of sp³-hybridized carbons (Fsp3) is 0.208. The second-order valence-electron chi connectivity index (χ2n) is 6.85. The van der Waals surface area contributed by atoms with E-state index < -0.39 is 0 Å². The number of nitrogens with one attached hydrogen (secondary N) is 1. The number of ether oxygens (including phenoxy) is 2. The summed E-state index contributed by atoms with van der Waals surface area (Å²) in [6.07, 6.45) is 0. The van der Waals surface area contributed by atoms with Gasteiger partial charge < -0.3 is 14.8 Å². The maximum Gasteiger partial charge on any atom is 0.178 e. The molecule has 0 saturated carbocycles. The molecule has 0 aromatic heterocycles. The summed E-state index contributed by atoms with van der Waals surface area (Å²) in [6.45, 7) is 0.640. The highest BCUT2D eigenvalue weighted by atomic mass is 32.2. The summed E-state index contributed by atoms with van der Waals surface area (Å²) in [6, 6.07) is 23.5. The van der Waals surface area contributed by atoms with E-state index >= 15 is 0 Å². The summed E-state index contributed by atoms with van der Waals surface area (Å²) in [5.41, 5.74) is 2.91. The van der Waals surface area contributed by atoms with E-state index in [1.54, 1.807) is 26.0 Å². The number of hydrogen-bond donors (Lipinski definition) is 1. The van der Waals surface area contributed by atoms with Crippen LogP contribution in [0.25, 0.3) is 0 Å². The van der Waals surface area contributed by atoms with Crippen LogP contribution in [0.1, 0.15) is 27.5 Å². The van der Waals surface area contributed by atoms with E-state index in [4.69, 9.17) is 9.47 Å². The Labute approximate surface area is 175 Å². The van der Waals surface area contributed by atoms with Gasteiger partial charge in [-0.15, -0.1) is 11.8 Å². The number of carbonyl (C=O) groups is 1. The third kappa shape index (κ3) is 4.02. The van der Waals surface area contributed by atoms with Crippen molar-refractivity contribution in [1.82, 2.24) is 5.32 Å². The van der Waals surface area contributed by atoms with Crippen LogP contribution in [0, 0.1) is 0 Å². The number of fused-ring (bicyclic) bond motifs is 1. The number of rotatable bonds is 5. The number of ketones is 1. The highest BCUT2D eigenvalue weighted by molar-refractivity contribution is 8.00. The van der Waals surface area contributed by atoms with Crippen LogP contribution in [0.2, 0.25) is 0 Å². The molecule has 0 aliphatic carbocycles. The summed E-state index contributed by atoms with van der Waals surface area (Å²) in [5, 5.41) is 3.30. The number of hydrogen-bond acceptors (Lipinski definition) is 5. The number of benzene rings is 3. The third-order valence-electron chi connectivity index (χ3n) is 5.11. The molecule has 4 nitrogen and oxygen atoms in total. The molecule has 0 spiro atoms. The van der Waals surface area contributed by atoms with Crippen molar-refractivity contribution >= 4 is 17.5 Å². The predicted molar refractivity (Wildman–Crippen MR) is 116 cm³/mol. The zero-order valence-electron chi connectivity index (χ0n) is 16.4. The topological polar surface area (TPSA) is 47.6 Å². The van der Waals surface area contributed by atoms with E-state index in [9.17, 15) is 4.79 Å². The van der Waals surface area contributed by atoms with Crippen LogP contribution in [0.4, 0.5) is 0 Å². The third-order valence-corrected chi connectivity index (χ3v) is 6.49. The highest BCUT2D eigenvalue weighted by Crippen LogP contribution is 2.43. The Kier molecular flexibility index (Phi) is 5.88. The molecule has 3 aromatic rings. The van der Waals surface area contributed by atoms with E-state index in [0.29, 0.717) is 18.0 Å². The predicted octanol–water partition coefficient (Wildman–Crippen LogP) is 4.89. The average molecular weight is 406 g/mol. The van der Waals surface area contributed by atoms with Crippen LogP contribution in [0.3, 0.4) is 0 Å². The van der Waals surface area contributed by atoms with Crippen LogP contribution in [0.15, 0.2) is 77.7 Å². The van der Waals surface area contributed by atoms with E-state index in [2.05, 4.69) is 17.4 Å². The fourth-order valence-electron chi connectivity index (χ4n) is 3.61. The van der Waals surface area contributed by atoms with Gasteiger partial charge in [0.25, 0.3) is 0 Å². The van der Waals surface area contributed by atoms with Crippen molar-refractivity contribution in [3.8, 4) is 11.5 Å². The first kappa shape index (κ1) is 19.6. The lowest BCUT2D eigenvalue weighted by Gasteiger charge is -2.25. The fourth-order valence-corrected chi connectivity index (χ4v) is 4.97. The summed E-state index contributed by atoms with van der Waals surface area (Å²) in [4.78, 5) is 14.5. The average Bonchev–Trinajstić information content (AvgIpc) is 2.98. The minimum absolute atomic E-state index is 0.111. The molecule has 5 heteroatoms. The second kappa shape index (κ2) is 8.72. The first-order chi connectivity index (χ1) is 14.2. The molecule has 1 aliphatic rings. The zero-order valence-corrected chi connectivity index (χ0v) is 17.2. The minimum atomic E-state index is -0.306. The SMILES string of the molecule is COc1cc2c(cc1OC)S[C@H](C(=O)c1ccccc1)[C@H](c1ccccc1)NC2. The van der Waals surface area contributed by atoms with E-state index in [-0.39, 0.29) is 17.1 Å². The van der Waals surface area contributed by atoms with Gasteiger partial charge in [-0.2, -0.15) is 0 Å². The molecule has 1 heterocycles. The Balaban J connectivity index is 1.78. The van der Waals surface area contributed by atoms with Gasteiger partial charge in [0.1, 0.15) is 0 Å². The monoisotopic (exact) mass is 405 g/mol. The van der Waals surface area contributed by atoms with Crippen LogP contribution >= 0.6 is 11.8 Å². The molecule has 0 bridgehead atoms. The lowest BCUT2D eigenvalue weighted by Crippen LogP contribution is -2.33. The molecule has 0 unspecified atom stereocenters.